The van der Waals surface area contributed by atoms with Crippen LogP contribution in [0.15, 0.2) is 18.2 Å². The molecule has 1 amide bonds. The van der Waals surface area contributed by atoms with Crippen molar-refractivity contribution in [1.29, 1.82) is 0 Å². The van der Waals surface area contributed by atoms with E-state index in [2.05, 4.69) is 5.32 Å². The molecule has 28 heavy (non-hydrogen) atoms. The van der Waals surface area contributed by atoms with E-state index in [4.69, 9.17) is 9.47 Å². The van der Waals surface area contributed by atoms with Crippen molar-refractivity contribution in [2.75, 3.05) is 45.3 Å². The summed E-state index contributed by atoms with van der Waals surface area (Å²) in [5.74, 6) is -1.02. The summed E-state index contributed by atoms with van der Waals surface area (Å²) in [6.07, 6.45) is 5.25. The van der Waals surface area contributed by atoms with Crippen molar-refractivity contribution in [1.82, 2.24) is 4.90 Å². The van der Waals surface area contributed by atoms with Crippen molar-refractivity contribution in [3.05, 3.63) is 33.9 Å². The summed E-state index contributed by atoms with van der Waals surface area (Å²) < 4.78 is 10.1. The lowest BCUT2D eigenvalue weighted by Gasteiger charge is -2.24. The molecule has 1 aromatic carbocycles. The summed E-state index contributed by atoms with van der Waals surface area (Å²) in [5.41, 5.74) is 0.191. The highest BCUT2D eigenvalue weighted by atomic mass is 16.6. The van der Waals surface area contributed by atoms with Gasteiger partial charge in [0, 0.05) is 44.6 Å². The fourth-order valence-corrected chi connectivity index (χ4v) is 3.05. The number of hydrogen-bond acceptors (Lipinski definition) is 7. The van der Waals surface area contributed by atoms with E-state index in [1.54, 1.807) is 12.0 Å². The average Bonchev–Trinajstić information content (AvgIpc) is 2.65. The number of nitrogens with zero attached hydrogens (tertiary/aromatic N) is 2. The van der Waals surface area contributed by atoms with Crippen molar-refractivity contribution in [2.24, 2.45) is 0 Å². The van der Waals surface area contributed by atoms with Crippen LogP contribution in [0.4, 0.5) is 11.4 Å². The molecule has 9 nitrogen and oxygen atoms in total. The van der Waals surface area contributed by atoms with E-state index in [1.807, 2.05) is 0 Å². The van der Waals surface area contributed by atoms with Crippen LogP contribution in [0.1, 0.15) is 42.5 Å². The molecular weight excluding hydrogens is 366 g/mol. The smallest absolute Gasteiger partial charge is 0.341 e. The number of non-ortho nitro benzene ring substituents is 1. The van der Waals surface area contributed by atoms with Gasteiger partial charge < -0.3 is 19.7 Å². The first-order valence-corrected chi connectivity index (χ1v) is 9.49. The third-order valence-corrected chi connectivity index (χ3v) is 4.59. The maximum absolute atomic E-state index is 12.5. The highest BCUT2D eigenvalue weighted by Crippen LogP contribution is 2.23. The number of hydrogen-bond donors (Lipinski definition) is 1. The number of methoxy groups -OCH3 is 1. The van der Waals surface area contributed by atoms with Crippen molar-refractivity contribution in [3.8, 4) is 0 Å². The number of anilines is 1. The summed E-state index contributed by atoms with van der Waals surface area (Å²) in [4.78, 5) is 37.0. The van der Waals surface area contributed by atoms with E-state index in [0.717, 1.165) is 31.7 Å². The van der Waals surface area contributed by atoms with Crippen LogP contribution in [-0.2, 0) is 14.3 Å². The lowest BCUT2D eigenvalue weighted by Crippen LogP contribution is -2.37. The first-order valence-electron chi connectivity index (χ1n) is 9.49. The lowest BCUT2D eigenvalue weighted by atomic mass is 10.1. The second-order valence-electron chi connectivity index (χ2n) is 6.63. The van der Waals surface area contributed by atoms with E-state index in [1.165, 1.54) is 18.6 Å². The van der Waals surface area contributed by atoms with Crippen molar-refractivity contribution >= 4 is 23.3 Å². The normalized spacial score (nSPS) is 14.7. The largest absolute Gasteiger partial charge is 0.452 e. The van der Waals surface area contributed by atoms with Gasteiger partial charge in [0.2, 0.25) is 0 Å². The zero-order valence-corrected chi connectivity index (χ0v) is 16.1. The minimum atomic E-state index is -0.774. The molecule has 154 valence electrons. The van der Waals surface area contributed by atoms with Crippen LogP contribution in [0, 0.1) is 10.1 Å². The summed E-state index contributed by atoms with van der Waals surface area (Å²) in [5, 5.41) is 14.0. The Labute approximate surface area is 164 Å². The lowest BCUT2D eigenvalue weighted by molar-refractivity contribution is -0.384. The molecule has 2 rings (SSSR count). The number of carbonyl (C=O) groups excluding carboxylic acids is 2. The zero-order chi connectivity index (χ0) is 20.4. The maximum atomic E-state index is 12.5. The Kier molecular flexibility index (Phi) is 8.67. The highest BCUT2D eigenvalue weighted by molar-refractivity contribution is 5.97. The molecule has 1 heterocycles. The van der Waals surface area contributed by atoms with Crippen LogP contribution in [0.25, 0.3) is 0 Å². The summed E-state index contributed by atoms with van der Waals surface area (Å²) in [7, 11) is 1.54. The van der Waals surface area contributed by atoms with Crippen molar-refractivity contribution < 1.29 is 24.0 Å². The molecule has 1 N–H and O–H groups in total. The number of ether oxygens (including phenoxy) is 2. The Morgan fingerprint density at radius 2 is 1.86 bits per heavy atom. The topological polar surface area (TPSA) is 111 Å². The number of benzene rings is 1. The fraction of sp³-hybridized carbons (Fsp3) is 0.579. The minimum Gasteiger partial charge on any atom is -0.452 e. The molecule has 1 aromatic rings. The van der Waals surface area contributed by atoms with E-state index in [0.29, 0.717) is 31.9 Å². The SMILES string of the molecule is COCCNc1ccc([N+](=O)[O-])cc1C(=O)OCC(=O)N1CCCCCCC1. The molecule has 9 heteroatoms. The number of likely N-dealkylation sites (tertiary alicyclic amines) is 1. The van der Waals surface area contributed by atoms with Gasteiger partial charge in [0.15, 0.2) is 6.61 Å². The Morgan fingerprint density at radius 1 is 1.18 bits per heavy atom. The van der Waals surface area contributed by atoms with Gasteiger partial charge >= 0.3 is 5.97 Å². The van der Waals surface area contributed by atoms with Crippen LogP contribution in [0.5, 0.6) is 0 Å². The van der Waals surface area contributed by atoms with Gasteiger partial charge in [-0.25, -0.2) is 4.79 Å². The van der Waals surface area contributed by atoms with Gasteiger partial charge in [0.25, 0.3) is 11.6 Å². The zero-order valence-electron chi connectivity index (χ0n) is 16.1. The highest BCUT2D eigenvalue weighted by Gasteiger charge is 2.21. The Hall–Kier alpha value is -2.68. The summed E-state index contributed by atoms with van der Waals surface area (Å²) in [6.45, 7) is 1.77. The summed E-state index contributed by atoms with van der Waals surface area (Å²) >= 11 is 0. The molecule has 1 aliphatic rings. The van der Waals surface area contributed by atoms with Gasteiger partial charge in [0.05, 0.1) is 17.1 Å². The molecule has 1 saturated heterocycles. The van der Waals surface area contributed by atoms with E-state index >= 15 is 0 Å². The van der Waals surface area contributed by atoms with Gasteiger partial charge in [-0.1, -0.05) is 19.3 Å². The molecule has 0 unspecified atom stereocenters. The standard InChI is InChI=1S/C19H27N3O6/c1-27-12-9-20-17-8-7-15(22(25)26)13-16(17)19(24)28-14-18(23)21-10-5-3-2-4-6-11-21/h7-8,13,20H,2-6,9-12,14H2,1H3. The predicted octanol–water partition coefficient (Wildman–Crippen LogP) is 2.60. The molecule has 0 saturated carbocycles. The van der Waals surface area contributed by atoms with Gasteiger partial charge in [-0.05, 0) is 18.9 Å². The minimum absolute atomic E-state index is 0.0192. The van der Waals surface area contributed by atoms with Crippen LogP contribution < -0.4 is 5.32 Å². The van der Waals surface area contributed by atoms with Gasteiger partial charge in [-0.2, -0.15) is 0 Å². The van der Waals surface area contributed by atoms with Gasteiger partial charge in [0.1, 0.15) is 0 Å². The van der Waals surface area contributed by atoms with E-state index < -0.39 is 10.9 Å². The van der Waals surface area contributed by atoms with Crippen LogP contribution >= 0.6 is 0 Å². The van der Waals surface area contributed by atoms with Gasteiger partial charge in [-0.15, -0.1) is 0 Å². The fourth-order valence-electron chi connectivity index (χ4n) is 3.05. The average molecular weight is 393 g/mol. The molecule has 0 radical (unpaired) electrons. The number of esters is 1. The van der Waals surface area contributed by atoms with Crippen LogP contribution in [0.2, 0.25) is 0 Å². The third kappa shape index (κ3) is 6.49. The van der Waals surface area contributed by atoms with Crippen molar-refractivity contribution in [3.63, 3.8) is 0 Å². The number of nitro groups is 1. The van der Waals surface area contributed by atoms with Gasteiger partial charge in [-0.3, -0.25) is 14.9 Å². The molecule has 1 fully saturated rings. The monoisotopic (exact) mass is 393 g/mol. The number of nitro benzene ring substituents is 1. The van der Waals surface area contributed by atoms with Crippen LogP contribution in [0.3, 0.4) is 0 Å². The number of rotatable bonds is 8. The molecule has 0 aliphatic carbocycles. The molecule has 0 bridgehead atoms. The first kappa shape index (κ1) is 21.6. The Balaban J connectivity index is 2.03. The number of carbonyl (C=O) groups is 2. The maximum Gasteiger partial charge on any atom is 0.341 e. The van der Waals surface area contributed by atoms with Crippen molar-refractivity contribution in [2.45, 2.75) is 32.1 Å². The second kappa shape index (κ2) is 11.2. The molecule has 0 spiro atoms. The first-order chi connectivity index (χ1) is 13.5. The number of nitrogens with one attached hydrogen (secondary N) is 1. The summed E-state index contributed by atoms with van der Waals surface area (Å²) in [6, 6.07) is 3.90. The van der Waals surface area contributed by atoms with E-state index in [9.17, 15) is 19.7 Å². The van der Waals surface area contributed by atoms with E-state index in [-0.39, 0.29) is 23.8 Å². The third-order valence-electron chi connectivity index (χ3n) is 4.59. The van der Waals surface area contributed by atoms with Crippen LogP contribution in [-0.4, -0.2) is 61.7 Å². The molecule has 0 aromatic heterocycles. The molecule has 1 aliphatic heterocycles. The quantitative estimate of drug-likeness (QED) is 0.313. The Morgan fingerprint density at radius 3 is 2.50 bits per heavy atom. The molecular formula is C19H27N3O6. The predicted molar refractivity (Wildman–Crippen MR) is 103 cm³/mol. The molecule has 0 atom stereocenters. The number of amides is 1. The Bertz CT molecular complexity index is 686. The second-order valence-corrected chi connectivity index (χ2v) is 6.63.